The Bertz CT molecular complexity index is 494. The van der Waals surface area contributed by atoms with Crippen LogP contribution in [0.5, 0.6) is 0 Å². The maximum Gasteiger partial charge on any atom is 0.407 e. The van der Waals surface area contributed by atoms with Crippen molar-refractivity contribution in [2.45, 2.75) is 79.0 Å². The first kappa shape index (κ1) is 19.5. The van der Waals surface area contributed by atoms with E-state index in [2.05, 4.69) is 34.7 Å². The number of nitrogens with zero attached hydrogens (tertiary/aromatic N) is 1. The third-order valence-corrected chi connectivity index (χ3v) is 4.24. The molecule has 0 spiro atoms. The van der Waals surface area contributed by atoms with Gasteiger partial charge in [0.05, 0.1) is 5.69 Å². The van der Waals surface area contributed by atoms with E-state index < -0.39 is 5.60 Å². The molecule has 1 amide bonds. The second-order valence-corrected chi connectivity index (χ2v) is 7.11. The van der Waals surface area contributed by atoms with E-state index in [0.717, 1.165) is 30.8 Å². The molecule has 0 saturated heterocycles. The smallest absolute Gasteiger partial charge is 0.407 e. The van der Waals surface area contributed by atoms with E-state index in [1.807, 2.05) is 34.6 Å². The van der Waals surface area contributed by atoms with E-state index in [1.54, 1.807) is 0 Å². The number of aromatic nitrogens is 2. The van der Waals surface area contributed by atoms with Crippen LogP contribution < -0.4 is 10.6 Å². The number of aryl methyl sites for hydroxylation is 2. The highest BCUT2D eigenvalue weighted by Crippen LogP contribution is 2.18. The van der Waals surface area contributed by atoms with Crippen molar-refractivity contribution < 1.29 is 9.53 Å². The van der Waals surface area contributed by atoms with Crippen molar-refractivity contribution in [2.75, 3.05) is 6.54 Å². The fourth-order valence-corrected chi connectivity index (χ4v) is 2.48. The number of hydrogen-bond donors (Lipinski definition) is 3. The van der Waals surface area contributed by atoms with Gasteiger partial charge in [-0.3, -0.25) is 5.10 Å². The minimum atomic E-state index is -0.483. The highest BCUT2D eigenvalue weighted by atomic mass is 16.6. The van der Waals surface area contributed by atoms with Crippen LogP contribution in [0.3, 0.4) is 0 Å². The summed E-state index contributed by atoms with van der Waals surface area (Å²) in [6.45, 7) is 15.1. The molecule has 0 saturated carbocycles. The molecule has 0 bridgehead atoms. The molecule has 1 rings (SSSR count). The van der Waals surface area contributed by atoms with Gasteiger partial charge in [-0.25, -0.2) is 4.79 Å². The Morgan fingerprint density at radius 2 is 1.83 bits per heavy atom. The lowest BCUT2D eigenvalue weighted by Gasteiger charge is -2.34. The summed E-state index contributed by atoms with van der Waals surface area (Å²) in [6.07, 6.45) is 1.45. The van der Waals surface area contributed by atoms with Crippen LogP contribution in [-0.2, 0) is 11.3 Å². The number of amides is 1. The van der Waals surface area contributed by atoms with E-state index in [1.165, 1.54) is 5.56 Å². The average molecular weight is 324 g/mol. The monoisotopic (exact) mass is 324 g/mol. The molecule has 23 heavy (non-hydrogen) atoms. The van der Waals surface area contributed by atoms with E-state index in [0.29, 0.717) is 6.54 Å². The molecule has 1 aromatic rings. The van der Waals surface area contributed by atoms with E-state index >= 15 is 0 Å². The minimum absolute atomic E-state index is 0.160. The Labute approximate surface area is 139 Å². The van der Waals surface area contributed by atoms with E-state index in [-0.39, 0.29) is 11.6 Å². The summed E-state index contributed by atoms with van der Waals surface area (Å²) in [5.41, 5.74) is 2.64. The van der Waals surface area contributed by atoms with Gasteiger partial charge < -0.3 is 15.4 Å². The fourth-order valence-electron chi connectivity index (χ4n) is 2.48. The molecule has 0 aliphatic rings. The van der Waals surface area contributed by atoms with Gasteiger partial charge in [-0.2, -0.15) is 5.10 Å². The maximum absolute atomic E-state index is 11.9. The number of aromatic amines is 1. The Morgan fingerprint density at radius 1 is 1.22 bits per heavy atom. The standard InChI is InChI=1S/C17H32N4O2/c1-8-17(9-2,11-18-15(22)23-16(5,6)7)19-10-14-12(3)20-21-13(14)4/h19H,8-11H2,1-7H3,(H,18,22)(H,20,21). The predicted molar refractivity (Wildman–Crippen MR) is 92.5 cm³/mol. The molecule has 0 atom stereocenters. The molecule has 0 radical (unpaired) electrons. The molecule has 0 aliphatic carbocycles. The number of carbonyl (C=O) groups excluding carboxylic acids is 1. The van der Waals surface area contributed by atoms with Crippen LogP contribution in [0.1, 0.15) is 64.4 Å². The quantitative estimate of drug-likeness (QED) is 0.719. The van der Waals surface area contributed by atoms with Gasteiger partial charge in [0.25, 0.3) is 0 Å². The number of ether oxygens (including phenoxy) is 1. The lowest BCUT2D eigenvalue weighted by molar-refractivity contribution is 0.0507. The number of nitrogens with one attached hydrogen (secondary N) is 3. The van der Waals surface area contributed by atoms with Gasteiger partial charge in [-0.1, -0.05) is 13.8 Å². The molecule has 0 fully saturated rings. The lowest BCUT2D eigenvalue weighted by Crippen LogP contribution is -2.53. The first-order chi connectivity index (χ1) is 10.6. The van der Waals surface area contributed by atoms with Crippen molar-refractivity contribution in [3.05, 3.63) is 17.0 Å². The van der Waals surface area contributed by atoms with Crippen LogP contribution in [-0.4, -0.2) is 34.0 Å². The molecule has 6 nitrogen and oxygen atoms in total. The largest absolute Gasteiger partial charge is 0.444 e. The zero-order valence-corrected chi connectivity index (χ0v) is 15.6. The van der Waals surface area contributed by atoms with Gasteiger partial charge >= 0.3 is 6.09 Å². The number of alkyl carbamates (subject to hydrolysis) is 1. The zero-order chi connectivity index (χ0) is 17.7. The van der Waals surface area contributed by atoms with Crippen molar-refractivity contribution >= 4 is 6.09 Å². The molecule has 0 unspecified atom stereocenters. The van der Waals surface area contributed by atoms with Gasteiger partial charge in [-0.15, -0.1) is 0 Å². The van der Waals surface area contributed by atoms with Gasteiger partial charge in [0, 0.05) is 29.9 Å². The molecule has 1 aromatic heterocycles. The molecule has 1 heterocycles. The summed E-state index contributed by atoms with van der Waals surface area (Å²) in [6, 6.07) is 0. The minimum Gasteiger partial charge on any atom is -0.444 e. The zero-order valence-electron chi connectivity index (χ0n) is 15.6. The maximum atomic E-state index is 11.9. The SMILES string of the molecule is CCC(CC)(CNC(=O)OC(C)(C)C)NCc1c(C)n[nH]c1C. The number of rotatable bonds is 7. The Balaban J connectivity index is 2.66. The third-order valence-electron chi connectivity index (χ3n) is 4.24. The van der Waals surface area contributed by atoms with Gasteiger partial charge in [0.2, 0.25) is 0 Å². The van der Waals surface area contributed by atoms with Gasteiger partial charge in [0.1, 0.15) is 5.60 Å². The molecular formula is C17H32N4O2. The number of H-pyrrole nitrogens is 1. The first-order valence-electron chi connectivity index (χ1n) is 8.35. The summed E-state index contributed by atoms with van der Waals surface area (Å²) >= 11 is 0. The molecule has 3 N–H and O–H groups in total. The summed E-state index contributed by atoms with van der Waals surface area (Å²) in [7, 11) is 0. The van der Waals surface area contributed by atoms with Crippen molar-refractivity contribution in [1.82, 2.24) is 20.8 Å². The van der Waals surface area contributed by atoms with Gasteiger partial charge in [-0.05, 0) is 47.5 Å². The Kier molecular flexibility index (Phi) is 6.62. The fraction of sp³-hybridized carbons (Fsp3) is 0.765. The first-order valence-corrected chi connectivity index (χ1v) is 8.35. The molecular weight excluding hydrogens is 292 g/mol. The molecule has 132 valence electrons. The molecule has 6 heteroatoms. The van der Waals surface area contributed by atoms with Crippen LogP contribution >= 0.6 is 0 Å². The third kappa shape index (κ3) is 5.86. The highest BCUT2D eigenvalue weighted by molar-refractivity contribution is 5.67. The van der Waals surface area contributed by atoms with Crippen LogP contribution in [0.15, 0.2) is 0 Å². The van der Waals surface area contributed by atoms with Crippen molar-refractivity contribution in [1.29, 1.82) is 0 Å². The second-order valence-electron chi connectivity index (χ2n) is 7.11. The summed E-state index contributed by atoms with van der Waals surface area (Å²) in [4.78, 5) is 11.9. The average Bonchev–Trinajstić information content (AvgIpc) is 2.77. The van der Waals surface area contributed by atoms with E-state index in [9.17, 15) is 4.79 Å². The summed E-state index contributed by atoms with van der Waals surface area (Å²) in [5.74, 6) is 0. The Morgan fingerprint density at radius 3 is 2.26 bits per heavy atom. The van der Waals surface area contributed by atoms with Crippen LogP contribution in [0.25, 0.3) is 0 Å². The van der Waals surface area contributed by atoms with Crippen molar-refractivity contribution in [2.24, 2.45) is 0 Å². The van der Waals surface area contributed by atoms with Crippen molar-refractivity contribution in [3.8, 4) is 0 Å². The van der Waals surface area contributed by atoms with Crippen LogP contribution in [0, 0.1) is 13.8 Å². The second kappa shape index (κ2) is 7.81. The molecule has 0 aromatic carbocycles. The lowest BCUT2D eigenvalue weighted by atomic mass is 9.92. The van der Waals surface area contributed by atoms with Gasteiger partial charge in [0.15, 0.2) is 0 Å². The highest BCUT2D eigenvalue weighted by Gasteiger charge is 2.28. The van der Waals surface area contributed by atoms with Crippen molar-refractivity contribution in [3.63, 3.8) is 0 Å². The van der Waals surface area contributed by atoms with Crippen LogP contribution in [0.4, 0.5) is 4.79 Å². The summed E-state index contributed by atoms with van der Waals surface area (Å²) < 4.78 is 5.32. The van der Waals surface area contributed by atoms with E-state index in [4.69, 9.17) is 4.74 Å². The predicted octanol–water partition coefficient (Wildman–Crippen LogP) is 3.20. The normalized spacial score (nSPS) is 12.3. The summed E-state index contributed by atoms with van der Waals surface area (Å²) in [5, 5.41) is 13.7. The Hall–Kier alpha value is -1.56. The topological polar surface area (TPSA) is 79.0 Å². The van der Waals surface area contributed by atoms with Crippen LogP contribution in [0.2, 0.25) is 0 Å². The molecule has 0 aliphatic heterocycles. The number of hydrogen-bond acceptors (Lipinski definition) is 4. The number of carbonyl (C=O) groups is 1.